The van der Waals surface area contributed by atoms with Gasteiger partial charge in [-0.1, -0.05) is 18.2 Å². The van der Waals surface area contributed by atoms with Gasteiger partial charge in [0.05, 0.1) is 11.3 Å². The van der Waals surface area contributed by atoms with E-state index in [0.29, 0.717) is 6.61 Å². The van der Waals surface area contributed by atoms with Crippen molar-refractivity contribution >= 4 is 10.8 Å². The average molecular weight is 295 g/mol. The Morgan fingerprint density at radius 3 is 2.75 bits per heavy atom. The highest BCUT2D eigenvalue weighted by atomic mass is 32.2. The zero-order chi connectivity index (χ0) is 13.9. The van der Waals surface area contributed by atoms with Gasteiger partial charge in [-0.15, -0.1) is 0 Å². The van der Waals surface area contributed by atoms with Crippen LogP contribution in [0.4, 0.5) is 0 Å². The fraction of sp³-hybridized carbons (Fsp3) is 0.600. The second-order valence-electron chi connectivity index (χ2n) is 5.29. The van der Waals surface area contributed by atoms with Crippen LogP contribution in [0.2, 0.25) is 0 Å². The number of hydrogen-bond donors (Lipinski definition) is 1. The van der Waals surface area contributed by atoms with Crippen LogP contribution in [-0.4, -0.2) is 41.6 Å². The van der Waals surface area contributed by atoms with Gasteiger partial charge in [0, 0.05) is 34.8 Å². The van der Waals surface area contributed by atoms with Gasteiger partial charge < -0.3 is 14.8 Å². The Morgan fingerprint density at radius 1 is 1.25 bits per heavy atom. The average Bonchev–Trinajstić information content (AvgIpc) is 2.54. The molecule has 4 nitrogen and oxygen atoms in total. The highest BCUT2D eigenvalue weighted by Crippen LogP contribution is 2.35. The van der Waals surface area contributed by atoms with Crippen LogP contribution in [0.5, 0.6) is 5.75 Å². The topological polar surface area (TPSA) is 47.6 Å². The van der Waals surface area contributed by atoms with Gasteiger partial charge in [0.1, 0.15) is 12.4 Å². The summed E-state index contributed by atoms with van der Waals surface area (Å²) in [5.41, 5.74) is 1.12. The van der Waals surface area contributed by atoms with E-state index in [4.69, 9.17) is 9.47 Å². The number of hydrogen-bond acceptors (Lipinski definition) is 4. The molecule has 0 aliphatic carbocycles. The van der Waals surface area contributed by atoms with Crippen LogP contribution < -0.4 is 10.1 Å². The number of benzene rings is 1. The summed E-state index contributed by atoms with van der Waals surface area (Å²) in [5.74, 6) is 0.909. The molecule has 0 bridgehead atoms. The van der Waals surface area contributed by atoms with Gasteiger partial charge in [-0.05, 0) is 26.0 Å². The first-order valence-corrected chi connectivity index (χ1v) is 8.45. The summed E-state index contributed by atoms with van der Waals surface area (Å²) >= 11 is 0. The molecule has 2 heterocycles. The van der Waals surface area contributed by atoms with E-state index in [2.05, 4.69) is 11.4 Å². The van der Waals surface area contributed by atoms with Crippen molar-refractivity contribution in [2.24, 2.45) is 0 Å². The molecule has 2 aliphatic heterocycles. The molecule has 1 aromatic rings. The molecule has 0 saturated carbocycles. The molecule has 1 saturated heterocycles. The van der Waals surface area contributed by atoms with Gasteiger partial charge in [0.2, 0.25) is 0 Å². The van der Waals surface area contributed by atoms with E-state index in [1.807, 2.05) is 25.2 Å². The predicted molar refractivity (Wildman–Crippen MR) is 79.5 cm³/mol. The minimum Gasteiger partial charge on any atom is -0.492 e. The summed E-state index contributed by atoms with van der Waals surface area (Å²) in [6.07, 6.45) is 1.78. The molecular formula is C15H21NO3S. The number of rotatable bonds is 3. The highest BCUT2D eigenvalue weighted by molar-refractivity contribution is 7.86. The maximum atomic E-state index is 12.9. The number of ether oxygens (including phenoxy) is 2. The molecular weight excluding hydrogens is 274 g/mol. The fourth-order valence-electron chi connectivity index (χ4n) is 3.04. The third-order valence-corrected chi connectivity index (χ3v) is 6.27. The van der Waals surface area contributed by atoms with Crippen molar-refractivity contribution in [3.8, 4) is 5.75 Å². The van der Waals surface area contributed by atoms with Crippen molar-refractivity contribution < 1.29 is 13.7 Å². The van der Waals surface area contributed by atoms with Crippen LogP contribution in [0, 0.1) is 0 Å². The summed E-state index contributed by atoms with van der Waals surface area (Å²) in [5, 5.41) is 3.57. The summed E-state index contributed by atoms with van der Waals surface area (Å²) < 4.78 is 24.0. The molecule has 1 N–H and O–H groups in total. The summed E-state index contributed by atoms with van der Waals surface area (Å²) in [4.78, 5) is 0. The van der Waals surface area contributed by atoms with Crippen LogP contribution >= 0.6 is 0 Å². The standard InChI is InChI=1S/C15H21NO3S/c1-16-15-12-4-2-3-5-13(12)19-10-14(15)20(17)11-6-8-18-9-7-11/h2-5,11,14-16H,6-10H2,1H3. The zero-order valence-electron chi connectivity index (χ0n) is 11.7. The predicted octanol–water partition coefficient (Wildman–Crippen LogP) is 1.64. The number of para-hydroxylation sites is 1. The molecule has 3 rings (SSSR count). The Balaban J connectivity index is 1.81. The van der Waals surface area contributed by atoms with Crippen molar-refractivity contribution in [2.75, 3.05) is 26.9 Å². The lowest BCUT2D eigenvalue weighted by molar-refractivity contribution is 0.0988. The molecule has 1 fully saturated rings. The maximum absolute atomic E-state index is 12.9. The lowest BCUT2D eigenvalue weighted by Gasteiger charge is -2.35. The van der Waals surface area contributed by atoms with Gasteiger partial charge >= 0.3 is 0 Å². The monoisotopic (exact) mass is 295 g/mol. The van der Waals surface area contributed by atoms with E-state index in [9.17, 15) is 4.21 Å². The fourth-order valence-corrected chi connectivity index (χ4v) is 4.94. The molecule has 3 atom stereocenters. The first-order chi connectivity index (χ1) is 9.81. The van der Waals surface area contributed by atoms with E-state index < -0.39 is 10.8 Å². The van der Waals surface area contributed by atoms with Gasteiger partial charge in [-0.25, -0.2) is 0 Å². The van der Waals surface area contributed by atoms with Crippen molar-refractivity contribution in [1.29, 1.82) is 0 Å². The van der Waals surface area contributed by atoms with Gasteiger partial charge in [-0.3, -0.25) is 4.21 Å². The van der Waals surface area contributed by atoms with Crippen LogP contribution in [0.1, 0.15) is 24.4 Å². The largest absolute Gasteiger partial charge is 0.492 e. The summed E-state index contributed by atoms with van der Waals surface area (Å²) in [7, 11) is 1.03. The van der Waals surface area contributed by atoms with Gasteiger partial charge in [0.25, 0.3) is 0 Å². The molecule has 0 amide bonds. The highest BCUT2D eigenvalue weighted by Gasteiger charge is 2.37. The Morgan fingerprint density at radius 2 is 2.00 bits per heavy atom. The van der Waals surface area contributed by atoms with E-state index in [-0.39, 0.29) is 16.5 Å². The van der Waals surface area contributed by atoms with E-state index >= 15 is 0 Å². The normalized spacial score (nSPS) is 28.4. The van der Waals surface area contributed by atoms with Crippen molar-refractivity contribution in [2.45, 2.75) is 29.4 Å². The smallest absolute Gasteiger partial charge is 0.124 e. The zero-order valence-corrected chi connectivity index (χ0v) is 12.5. The lowest BCUT2D eigenvalue weighted by atomic mass is 10.0. The second kappa shape index (κ2) is 6.24. The van der Waals surface area contributed by atoms with Crippen LogP contribution in [0.3, 0.4) is 0 Å². The minimum absolute atomic E-state index is 0.0120. The number of fused-ring (bicyclic) bond motifs is 1. The molecule has 2 aliphatic rings. The lowest BCUT2D eigenvalue weighted by Crippen LogP contribution is -2.44. The molecule has 3 unspecified atom stereocenters. The minimum atomic E-state index is -0.898. The molecule has 20 heavy (non-hydrogen) atoms. The summed E-state index contributed by atoms with van der Waals surface area (Å²) in [6, 6.07) is 8.12. The third-order valence-electron chi connectivity index (χ3n) is 4.14. The van der Waals surface area contributed by atoms with Crippen LogP contribution in [0.15, 0.2) is 24.3 Å². The van der Waals surface area contributed by atoms with Crippen LogP contribution in [0.25, 0.3) is 0 Å². The molecule has 0 spiro atoms. The van der Waals surface area contributed by atoms with E-state index in [1.54, 1.807) is 0 Å². The van der Waals surface area contributed by atoms with E-state index in [1.165, 1.54) is 0 Å². The molecule has 5 heteroatoms. The van der Waals surface area contributed by atoms with Gasteiger partial charge in [0.15, 0.2) is 0 Å². The second-order valence-corrected chi connectivity index (χ2v) is 7.22. The van der Waals surface area contributed by atoms with Gasteiger partial charge in [-0.2, -0.15) is 0 Å². The molecule has 1 aromatic carbocycles. The van der Waals surface area contributed by atoms with Crippen molar-refractivity contribution in [3.63, 3.8) is 0 Å². The quantitative estimate of drug-likeness (QED) is 0.921. The Hall–Kier alpha value is -0.910. The van der Waals surface area contributed by atoms with Crippen molar-refractivity contribution in [3.05, 3.63) is 29.8 Å². The Kier molecular flexibility index (Phi) is 4.38. The Labute approximate surface area is 122 Å². The SMILES string of the molecule is CNC1c2ccccc2OCC1S(=O)C1CCOCC1. The summed E-state index contributed by atoms with van der Waals surface area (Å²) in [6.45, 7) is 1.97. The third kappa shape index (κ3) is 2.62. The van der Waals surface area contributed by atoms with E-state index in [0.717, 1.165) is 37.4 Å². The first-order valence-electron chi connectivity index (χ1n) is 7.17. The molecule has 0 radical (unpaired) electrons. The molecule has 110 valence electrons. The maximum Gasteiger partial charge on any atom is 0.124 e. The van der Waals surface area contributed by atoms with Crippen molar-refractivity contribution in [1.82, 2.24) is 5.32 Å². The number of nitrogens with one attached hydrogen (secondary N) is 1. The van der Waals surface area contributed by atoms with Crippen LogP contribution in [-0.2, 0) is 15.5 Å². The Bertz CT molecular complexity index is 488. The first kappa shape index (κ1) is 14.0. The molecule has 0 aromatic heterocycles.